The maximum Gasteiger partial charge on any atom is 0.312 e. The minimum absolute atomic E-state index is 0.0501. The minimum Gasteiger partial charge on any atom is -0.484 e. The number of primary sulfonamides is 1. The number of nitro groups is 1. The van der Waals surface area contributed by atoms with E-state index in [1.165, 1.54) is 7.11 Å². The number of benzene rings is 1. The summed E-state index contributed by atoms with van der Waals surface area (Å²) in [5, 5.41) is 15.5. The van der Waals surface area contributed by atoms with Crippen molar-refractivity contribution in [3.05, 3.63) is 28.1 Å². The summed E-state index contributed by atoms with van der Waals surface area (Å²) in [5.74, 6) is -1.62. The van der Waals surface area contributed by atoms with Crippen molar-refractivity contribution >= 4 is 15.7 Å². The van der Waals surface area contributed by atoms with Gasteiger partial charge in [0, 0.05) is 19.2 Å². The first-order chi connectivity index (χ1) is 8.77. The standard InChI is InChI=1S/C9H11FN2O6S/c1-17-2-3-18-8-4-6(10)9(19(11,15)16)5-7(8)12(13)14/h4-5H,2-3H2,1H3,(H2,11,15,16). The fourth-order valence-electron chi connectivity index (χ4n) is 1.24. The van der Waals surface area contributed by atoms with Crippen molar-refractivity contribution in [2.75, 3.05) is 20.3 Å². The fourth-order valence-corrected chi connectivity index (χ4v) is 1.84. The highest BCUT2D eigenvalue weighted by molar-refractivity contribution is 7.89. The molecular formula is C9H11FN2O6S. The molecule has 0 aliphatic carbocycles. The van der Waals surface area contributed by atoms with E-state index in [2.05, 4.69) is 4.74 Å². The predicted molar refractivity (Wildman–Crippen MR) is 61.8 cm³/mol. The van der Waals surface area contributed by atoms with E-state index in [0.717, 1.165) is 0 Å². The number of hydrogen-bond donors (Lipinski definition) is 1. The molecule has 0 aliphatic rings. The Morgan fingerprint density at radius 2 is 2.05 bits per heavy atom. The van der Waals surface area contributed by atoms with Gasteiger partial charge in [-0.2, -0.15) is 0 Å². The van der Waals surface area contributed by atoms with Crippen LogP contribution in [0.5, 0.6) is 5.75 Å². The van der Waals surface area contributed by atoms with Crippen LogP contribution in [0.25, 0.3) is 0 Å². The first-order valence-electron chi connectivity index (χ1n) is 4.90. The molecule has 2 N–H and O–H groups in total. The second-order valence-electron chi connectivity index (χ2n) is 3.39. The maximum absolute atomic E-state index is 13.5. The van der Waals surface area contributed by atoms with Crippen molar-refractivity contribution in [3.8, 4) is 5.75 Å². The molecule has 106 valence electrons. The van der Waals surface area contributed by atoms with Gasteiger partial charge in [-0.25, -0.2) is 17.9 Å². The van der Waals surface area contributed by atoms with Crippen LogP contribution < -0.4 is 9.88 Å². The van der Waals surface area contributed by atoms with Gasteiger partial charge >= 0.3 is 5.69 Å². The van der Waals surface area contributed by atoms with E-state index in [1.54, 1.807) is 0 Å². The quantitative estimate of drug-likeness (QED) is 0.460. The van der Waals surface area contributed by atoms with Gasteiger partial charge in [-0.3, -0.25) is 10.1 Å². The monoisotopic (exact) mass is 294 g/mol. The maximum atomic E-state index is 13.5. The molecule has 0 atom stereocenters. The molecule has 0 spiro atoms. The van der Waals surface area contributed by atoms with Gasteiger partial charge in [0.05, 0.1) is 11.5 Å². The number of nitrogens with two attached hydrogens (primary N) is 1. The Labute approximate surface area is 108 Å². The lowest BCUT2D eigenvalue weighted by Gasteiger charge is -2.08. The van der Waals surface area contributed by atoms with E-state index in [1.807, 2.05) is 0 Å². The summed E-state index contributed by atoms with van der Waals surface area (Å²) in [4.78, 5) is 8.93. The first kappa shape index (κ1) is 15.3. The number of halogens is 1. The second kappa shape index (κ2) is 5.91. The summed E-state index contributed by atoms with van der Waals surface area (Å²) >= 11 is 0. The van der Waals surface area contributed by atoms with E-state index < -0.39 is 37.1 Å². The Kier molecular flexibility index (Phi) is 4.75. The van der Waals surface area contributed by atoms with Crippen molar-refractivity contribution in [3.63, 3.8) is 0 Å². The van der Waals surface area contributed by atoms with Crippen LogP contribution in [0.2, 0.25) is 0 Å². The predicted octanol–water partition coefficient (Wildman–Crippen LogP) is 0.407. The molecule has 0 aromatic heterocycles. The molecule has 8 nitrogen and oxygen atoms in total. The average molecular weight is 294 g/mol. The Hall–Kier alpha value is -1.78. The van der Waals surface area contributed by atoms with Crippen LogP contribution in [0.15, 0.2) is 17.0 Å². The minimum atomic E-state index is -4.39. The van der Waals surface area contributed by atoms with Crippen molar-refractivity contribution in [2.24, 2.45) is 5.14 Å². The van der Waals surface area contributed by atoms with E-state index >= 15 is 0 Å². The normalized spacial score (nSPS) is 11.3. The van der Waals surface area contributed by atoms with Crippen LogP contribution in [0, 0.1) is 15.9 Å². The van der Waals surface area contributed by atoms with Gasteiger partial charge in [0.1, 0.15) is 17.3 Å². The van der Waals surface area contributed by atoms with Gasteiger partial charge in [0.2, 0.25) is 10.0 Å². The molecule has 19 heavy (non-hydrogen) atoms. The lowest BCUT2D eigenvalue weighted by Crippen LogP contribution is -2.15. The molecule has 1 rings (SSSR count). The highest BCUT2D eigenvalue weighted by Gasteiger charge is 2.24. The van der Waals surface area contributed by atoms with Crippen molar-refractivity contribution in [1.82, 2.24) is 0 Å². The van der Waals surface area contributed by atoms with Crippen LogP contribution in [-0.2, 0) is 14.8 Å². The molecule has 0 fully saturated rings. The topological polar surface area (TPSA) is 122 Å². The van der Waals surface area contributed by atoms with Gasteiger partial charge in [-0.1, -0.05) is 0 Å². The largest absolute Gasteiger partial charge is 0.484 e. The molecule has 0 bridgehead atoms. The third-order valence-corrected chi connectivity index (χ3v) is 2.99. The van der Waals surface area contributed by atoms with Crippen LogP contribution in [0.3, 0.4) is 0 Å². The number of rotatable bonds is 6. The van der Waals surface area contributed by atoms with Crippen molar-refractivity contribution < 1.29 is 27.2 Å². The third kappa shape index (κ3) is 3.84. The van der Waals surface area contributed by atoms with E-state index in [0.29, 0.717) is 12.1 Å². The summed E-state index contributed by atoms with van der Waals surface area (Å²) in [6.07, 6.45) is 0. The van der Waals surface area contributed by atoms with Crippen LogP contribution in [0.4, 0.5) is 10.1 Å². The zero-order valence-electron chi connectivity index (χ0n) is 9.83. The molecule has 10 heteroatoms. The number of nitro benzene ring substituents is 1. The summed E-state index contributed by atoms with van der Waals surface area (Å²) in [7, 11) is -3.00. The smallest absolute Gasteiger partial charge is 0.312 e. The van der Waals surface area contributed by atoms with Gasteiger partial charge in [-0.05, 0) is 0 Å². The zero-order chi connectivity index (χ0) is 14.6. The molecule has 0 radical (unpaired) electrons. The molecule has 0 heterocycles. The molecule has 1 aromatic rings. The SMILES string of the molecule is COCCOc1cc(F)c(S(N)(=O)=O)cc1[N+](=O)[O-]. The highest BCUT2D eigenvalue weighted by Crippen LogP contribution is 2.31. The molecule has 0 aliphatic heterocycles. The second-order valence-corrected chi connectivity index (χ2v) is 4.92. The number of methoxy groups -OCH3 is 1. The number of hydrogen-bond acceptors (Lipinski definition) is 6. The van der Waals surface area contributed by atoms with Gasteiger partial charge in [-0.15, -0.1) is 0 Å². The zero-order valence-corrected chi connectivity index (χ0v) is 10.6. The summed E-state index contributed by atoms with van der Waals surface area (Å²) in [5.41, 5.74) is -0.693. The number of nitrogens with zero attached hydrogens (tertiary/aromatic N) is 1. The molecule has 0 unspecified atom stereocenters. The summed E-state index contributed by atoms with van der Waals surface area (Å²) in [6, 6.07) is 1.13. The molecular weight excluding hydrogens is 283 g/mol. The Morgan fingerprint density at radius 3 is 2.53 bits per heavy atom. The van der Waals surface area contributed by atoms with Crippen molar-refractivity contribution in [1.29, 1.82) is 0 Å². The fraction of sp³-hybridized carbons (Fsp3) is 0.333. The lowest BCUT2D eigenvalue weighted by molar-refractivity contribution is -0.386. The van der Waals surface area contributed by atoms with E-state index in [-0.39, 0.29) is 13.2 Å². The third-order valence-electron chi connectivity index (χ3n) is 2.06. The average Bonchev–Trinajstić information content (AvgIpc) is 2.27. The van der Waals surface area contributed by atoms with Gasteiger partial charge < -0.3 is 9.47 Å². The van der Waals surface area contributed by atoms with Crippen LogP contribution in [-0.4, -0.2) is 33.7 Å². The van der Waals surface area contributed by atoms with E-state index in [4.69, 9.17) is 9.88 Å². The summed E-state index contributed by atoms with van der Waals surface area (Å²) in [6.45, 7) is 0.0845. The van der Waals surface area contributed by atoms with E-state index in [9.17, 15) is 22.9 Å². The summed E-state index contributed by atoms with van der Waals surface area (Å²) < 4.78 is 45.2. The Balaban J connectivity index is 3.26. The van der Waals surface area contributed by atoms with Crippen LogP contribution in [0.1, 0.15) is 0 Å². The molecule has 0 amide bonds. The number of ether oxygens (including phenoxy) is 2. The molecule has 0 saturated carbocycles. The Bertz CT molecular complexity index is 589. The lowest BCUT2D eigenvalue weighted by atomic mass is 10.3. The molecule has 1 aromatic carbocycles. The Morgan fingerprint density at radius 1 is 1.42 bits per heavy atom. The van der Waals surface area contributed by atoms with Crippen molar-refractivity contribution in [2.45, 2.75) is 4.90 Å². The highest BCUT2D eigenvalue weighted by atomic mass is 32.2. The first-order valence-corrected chi connectivity index (χ1v) is 6.44. The van der Waals surface area contributed by atoms with Gasteiger partial charge in [0.15, 0.2) is 5.75 Å². The number of sulfonamides is 1. The van der Waals surface area contributed by atoms with Crippen LogP contribution >= 0.6 is 0 Å². The van der Waals surface area contributed by atoms with Gasteiger partial charge in [0.25, 0.3) is 0 Å². The molecule has 0 saturated heterocycles.